The van der Waals surface area contributed by atoms with Gasteiger partial charge in [0.05, 0.1) is 7.11 Å². The molecule has 0 spiro atoms. The molecule has 0 fully saturated rings. The Kier molecular flexibility index (Phi) is 5.05. The van der Waals surface area contributed by atoms with Gasteiger partial charge in [-0.05, 0) is 10.8 Å². The second kappa shape index (κ2) is 5.25. The van der Waals surface area contributed by atoms with E-state index in [1.807, 2.05) is 22.9 Å². The van der Waals surface area contributed by atoms with Crippen molar-refractivity contribution < 1.29 is 17.2 Å². The minimum absolute atomic E-state index is 0.870. The first-order valence-electron chi connectivity index (χ1n) is 2.56. The molecule has 6 heteroatoms. The van der Waals surface area contributed by atoms with Crippen LogP contribution in [0, 0.1) is 0 Å². The third kappa shape index (κ3) is 9.57. The lowest BCUT2D eigenvalue weighted by molar-refractivity contribution is 0.324. The molecule has 1 N–H and O–H groups in total. The third-order valence-corrected chi connectivity index (χ3v) is 1.69. The first-order valence-corrected chi connectivity index (χ1v) is 4.87. The van der Waals surface area contributed by atoms with Crippen LogP contribution >= 0.6 is 11.3 Å². The van der Waals surface area contributed by atoms with Crippen LogP contribution < -0.4 is 0 Å². The van der Waals surface area contributed by atoms with Crippen LogP contribution in [0.3, 0.4) is 0 Å². The summed E-state index contributed by atoms with van der Waals surface area (Å²) in [6.45, 7) is 0. The summed E-state index contributed by atoms with van der Waals surface area (Å²) in [5.74, 6) is 0. The van der Waals surface area contributed by atoms with Gasteiger partial charge >= 0.3 is 10.4 Å². The third-order valence-electron chi connectivity index (χ3n) is 0.636. The van der Waals surface area contributed by atoms with Crippen molar-refractivity contribution in [2.45, 2.75) is 0 Å². The van der Waals surface area contributed by atoms with E-state index >= 15 is 0 Å². The molecule has 1 aromatic heterocycles. The van der Waals surface area contributed by atoms with Crippen molar-refractivity contribution in [3.8, 4) is 0 Å². The largest absolute Gasteiger partial charge is 0.397 e. The minimum Gasteiger partial charge on any atom is -0.264 e. The van der Waals surface area contributed by atoms with E-state index in [2.05, 4.69) is 4.18 Å². The van der Waals surface area contributed by atoms with Gasteiger partial charge in [-0.1, -0.05) is 12.1 Å². The maximum atomic E-state index is 9.33. The van der Waals surface area contributed by atoms with Crippen LogP contribution in [0.1, 0.15) is 0 Å². The summed E-state index contributed by atoms with van der Waals surface area (Å²) in [7, 11) is -3.29. The Labute approximate surface area is 69.4 Å². The summed E-state index contributed by atoms with van der Waals surface area (Å²) >= 11 is 1.71. The number of rotatable bonds is 1. The number of hydrogen-bond acceptors (Lipinski definition) is 4. The quantitative estimate of drug-likeness (QED) is 0.685. The van der Waals surface area contributed by atoms with Gasteiger partial charge in [0.1, 0.15) is 0 Å². The first-order chi connectivity index (χ1) is 5.06. The fourth-order valence-electron chi connectivity index (χ4n) is 0.227. The number of hydrogen-bond donors (Lipinski definition) is 1. The van der Waals surface area contributed by atoms with Gasteiger partial charge < -0.3 is 0 Å². The molecule has 1 heterocycles. The van der Waals surface area contributed by atoms with Gasteiger partial charge in [-0.2, -0.15) is 19.8 Å². The highest BCUT2D eigenvalue weighted by Gasteiger charge is 1.93. The zero-order valence-corrected chi connectivity index (χ0v) is 7.43. The Morgan fingerprint density at radius 2 is 1.73 bits per heavy atom. The predicted molar refractivity (Wildman–Crippen MR) is 42.9 cm³/mol. The molecule has 64 valence electrons. The van der Waals surface area contributed by atoms with E-state index in [0.717, 1.165) is 7.11 Å². The van der Waals surface area contributed by atoms with Gasteiger partial charge in [0.2, 0.25) is 0 Å². The van der Waals surface area contributed by atoms with Gasteiger partial charge in [0, 0.05) is 0 Å². The van der Waals surface area contributed by atoms with Crippen LogP contribution in [0.5, 0.6) is 0 Å². The molecule has 1 aromatic rings. The Morgan fingerprint density at radius 3 is 1.82 bits per heavy atom. The molecule has 0 radical (unpaired) electrons. The average molecular weight is 196 g/mol. The molecule has 0 unspecified atom stereocenters. The number of thiophene rings is 1. The van der Waals surface area contributed by atoms with E-state index in [1.54, 1.807) is 11.3 Å². The van der Waals surface area contributed by atoms with E-state index in [-0.39, 0.29) is 0 Å². The lowest BCUT2D eigenvalue weighted by Gasteiger charge is -1.82. The monoisotopic (exact) mass is 196 g/mol. The zero-order chi connectivity index (χ0) is 8.74. The standard InChI is InChI=1S/C4H4S.CH4O4S/c1-2-4-5-3-1;1-5-6(2,3)4/h1-4H;1H3,(H,2,3,4). The predicted octanol–water partition coefficient (Wildman–Crippen LogP) is 1.18. The molecule has 0 amide bonds. The normalized spacial score (nSPS) is 10.0. The highest BCUT2D eigenvalue weighted by molar-refractivity contribution is 7.80. The highest BCUT2D eigenvalue weighted by atomic mass is 32.3. The van der Waals surface area contributed by atoms with Crippen LogP contribution in [0.25, 0.3) is 0 Å². The average Bonchev–Trinajstić information content (AvgIpc) is 2.41. The van der Waals surface area contributed by atoms with Crippen LogP contribution in [-0.4, -0.2) is 20.1 Å². The molecule has 1 rings (SSSR count). The van der Waals surface area contributed by atoms with Crippen molar-refractivity contribution in [1.82, 2.24) is 0 Å². The van der Waals surface area contributed by atoms with Gasteiger partial charge in [-0.25, -0.2) is 0 Å². The van der Waals surface area contributed by atoms with E-state index in [9.17, 15) is 8.42 Å². The van der Waals surface area contributed by atoms with Gasteiger partial charge in [0.25, 0.3) is 0 Å². The summed E-state index contributed by atoms with van der Waals surface area (Å²) < 4.78 is 29.7. The van der Waals surface area contributed by atoms with E-state index in [0.29, 0.717) is 0 Å². The second-order valence-electron chi connectivity index (χ2n) is 1.39. The molecular formula is C5H8O4S2. The fourth-order valence-corrected chi connectivity index (χ4v) is 0.680. The lowest BCUT2D eigenvalue weighted by atomic mass is 10.7. The molecule has 0 aromatic carbocycles. The fraction of sp³-hybridized carbons (Fsp3) is 0.200. The van der Waals surface area contributed by atoms with Crippen molar-refractivity contribution in [2.24, 2.45) is 0 Å². The molecule has 0 atom stereocenters. The zero-order valence-electron chi connectivity index (χ0n) is 5.80. The molecule has 4 nitrogen and oxygen atoms in total. The Bertz CT molecular complexity index is 233. The van der Waals surface area contributed by atoms with Crippen LogP contribution in [0.2, 0.25) is 0 Å². The van der Waals surface area contributed by atoms with E-state index in [1.165, 1.54) is 0 Å². The summed E-state index contributed by atoms with van der Waals surface area (Å²) in [4.78, 5) is 0. The molecule has 0 saturated carbocycles. The van der Waals surface area contributed by atoms with E-state index in [4.69, 9.17) is 4.55 Å². The van der Waals surface area contributed by atoms with Crippen molar-refractivity contribution in [3.05, 3.63) is 22.9 Å². The summed E-state index contributed by atoms with van der Waals surface area (Å²) in [5.41, 5.74) is 0. The lowest BCUT2D eigenvalue weighted by Crippen LogP contribution is -1.96. The van der Waals surface area contributed by atoms with Crippen LogP contribution in [0.4, 0.5) is 0 Å². The Hall–Kier alpha value is -0.430. The topological polar surface area (TPSA) is 63.6 Å². The Balaban J connectivity index is 0.000000183. The van der Waals surface area contributed by atoms with Gasteiger partial charge in [-0.3, -0.25) is 8.74 Å². The minimum atomic E-state index is -4.16. The smallest absolute Gasteiger partial charge is 0.264 e. The van der Waals surface area contributed by atoms with Crippen molar-refractivity contribution in [3.63, 3.8) is 0 Å². The summed E-state index contributed by atoms with van der Waals surface area (Å²) in [6.07, 6.45) is 0. The van der Waals surface area contributed by atoms with Gasteiger partial charge in [0.15, 0.2) is 0 Å². The summed E-state index contributed by atoms with van der Waals surface area (Å²) in [6, 6.07) is 4.04. The molecule has 0 saturated heterocycles. The summed E-state index contributed by atoms with van der Waals surface area (Å²) in [5, 5.41) is 4.08. The first kappa shape index (κ1) is 10.6. The highest BCUT2D eigenvalue weighted by Crippen LogP contribution is 1.91. The maximum absolute atomic E-state index is 9.33. The Morgan fingerprint density at radius 1 is 1.36 bits per heavy atom. The maximum Gasteiger partial charge on any atom is 0.397 e. The van der Waals surface area contributed by atoms with Gasteiger partial charge in [-0.15, -0.1) is 0 Å². The van der Waals surface area contributed by atoms with Crippen molar-refractivity contribution >= 4 is 21.7 Å². The molecular weight excluding hydrogens is 188 g/mol. The molecule has 11 heavy (non-hydrogen) atoms. The van der Waals surface area contributed by atoms with Crippen LogP contribution in [0.15, 0.2) is 22.9 Å². The molecule has 0 aliphatic heterocycles. The molecule has 0 aliphatic rings. The molecule has 0 bridgehead atoms. The SMILES string of the molecule is COS(=O)(=O)O.c1ccsc1. The second-order valence-corrected chi connectivity index (χ2v) is 3.39. The molecule has 0 aliphatic carbocycles. The van der Waals surface area contributed by atoms with E-state index < -0.39 is 10.4 Å². The van der Waals surface area contributed by atoms with Crippen molar-refractivity contribution in [2.75, 3.05) is 7.11 Å². The van der Waals surface area contributed by atoms with Crippen molar-refractivity contribution in [1.29, 1.82) is 0 Å². The van der Waals surface area contributed by atoms with Crippen LogP contribution in [-0.2, 0) is 14.6 Å².